The van der Waals surface area contributed by atoms with Gasteiger partial charge in [-0.25, -0.2) is 0 Å². The van der Waals surface area contributed by atoms with Crippen molar-refractivity contribution >= 4 is 0 Å². The molecule has 0 aromatic carbocycles. The van der Waals surface area contributed by atoms with Gasteiger partial charge in [0.25, 0.3) is 0 Å². The summed E-state index contributed by atoms with van der Waals surface area (Å²) in [6, 6.07) is 0. The Kier molecular flexibility index (Phi) is 6.53. The summed E-state index contributed by atoms with van der Waals surface area (Å²) in [5, 5.41) is 56.0. The molecule has 6 N–H and O–H groups in total. The van der Waals surface area contributed by atoms with Crippen LogP contribution in [0.25, 0.3) is 0 Å². The van der Waals surface area contributed by atoms with Gasteiger partial charge in [0.2, 0.25) is 0 Å². The topological polar surface area (TPSA) is 121 Å². The molecule has 0 rings (SSSR count). The largest absolute Gasteiger partial charge is 0.396 e. The molecular formula is C11H24O6. The lowest BCUT2D eigenvalue weighted by molar-refractivity contribution is -0.143. The predicted molar refractivity (Wildman–Crippen MR) is 61.1 cm³/mol. The monoisotopic (exact) mass is 252 g/mol. The van der Waals surface area contributed by atoms with Crippen molar-refractivity contribution in [1.82, 2.24) is 0 Å². The third-order valence-electron chi connectivity index (χ3n) is 3.00. The molecule has 0 amide bonds. The second-order valence-corrected chi connectivity index (χ2v) is 5.38. The van der Waals surface area contributed by atoms with E-state index in [4.69, 9.17) is 10.2 Å². The third-order valence-corrected chi connectivity index (χ3v) is 3.00. The number of aliphatic hydroxyl groups excluding tert-OH is 6. The molecule has 0 aliphatic carbocycles. The first kappa shape index (κ1) is 16.8. The van der Waals surface area contributed by atoms with Gasteiger partial charge in [-0.15, -0.1) is 0 Å². The van der Waals surface area contributed by atoms with E-state index in [2.05, 4.69) is 0 Å². The van der Waals surface area contributed by atoms with Crippen molar-refractivity contribution in [3.05, 3.63) is 0 Å². The molecule has 0 spiro atoms. The van der Waals surface area contributed by atoms with Gasteiger partial charge in [-0.1, -0.05) is 20.8 Å². The molecule has 0 bridgehead atoms. The van der Waals surface area contributed by atoms with Gasteiger partial charge in [0.15, 0.2) is 0 Å². The molecule has 0 radical (unpaired) electrons. The van der Waals surface area contributed by atoms with Gasteiger partial charge in [-0.3, -0.25) is 0 Å². The van der Waals surface area contributed by atoms with E-state index < -0.39 is 42.4 Å². The Balaban J connectivity index is 4.72. The third kappa shape index (κ3) is 4.50. The second kappa shape index (κ2) is 6.63. The first-order valence-electron chi connectivity index (χ1n) is 5.60. The first-order chi connectivity index (χ1) is 7.66. The molecule has 0 aromatic heterocycles. The van der Waals surface area contributed by atoms with E-state index in [-0.39, 0.29) is 6.61 Å². The SMILES string of the molecule is CC(C)(C)C(CO)[C@H](O)[C@@H](O)[C@H](O)[C@H](O)CO. The van der Waals surface area contributed by atoms with Crippen LogP contribution in [-0.4, -0.2) is 68.3 Å². The standard InChI is InChI=1S/C11H24O6/c1-11(2,3)6(4-12)8(15)10(17)9(16)7(14)5-13/h6-10,12-17H,4-5H2,1-3H3/t6?,7-,8+,9-,10-/m1/s1. The van der Waals surface area contributed by atoms with E-state index in [1.165, 1.54) is 0 Å². The summed E-state index contributed by atoms with van der Waals surface area (Å²) in [4.78, 5) is 0. The van der Waals surface area contributed by atoms with E-state index in [1.54, 1.807) is 20.8 Å². The highest BCUT2D eigenvalue weighted by Crippen LogP contribution is 2.30. The Morgan fingerprint density at radius 1 is 0.765 bits per heavy atom. The molecule has 1 unspecified atom stereocenters. The van der Waals surface area contributed by atoms with Gasteiger partial charge >= 0.3 is 0 Å². The summed E-state index contributed by atoms with van der Waals surface area (Å²) in [6.07, 6.45) is -6.21. The number of hydrogen-bond acceptors (Lipinski definition) is 6. The fraction of sp³-hybridized carbons (Fsp3) is 1.00. The average molecular weight is 252 g/mol. The summed E-state index contributed by atoms with van der Waals surface area (Å²) in [6.45, 7) is 4.25. The molecule has 0 fully saturated rings. The molecule has 6 heteroatoms. The molecule has 0 saturated heterocycles. The Labute approximate surface area is 101 Å². The van der Waals surface area contributed by atoms with Crippen LogP contribution < -0.4 is 0 Å². The van der Waals surface area contributed by atoms with Crippen LogP contribution in [0.5, 0.6) is 0 Å². The zero-order chi connectivity index (χ0) is 13.8. The van der Waals surface area contributed by atoms with Crippen LogP contribution >= 0.6 is 0 Å². The Morgan fingerprint density at radius 2 is 1.24 bits per heavy atom. The molecule has 0 aliphatic heterocycles. The van der Waals surface area contributed by atoms with Crippen LogP contribution in [0.15, 0.2) is 0 Å². The normalized spacial score (nSPS) is 21.7. The smallest absolute Gasteiger partial charge is 0.110 e. The Hall–Kier alpha value is -0.240. The minimum absolute atomic E-state index is 0.357. The highest BCUT2D eigenvalue weighted by atomic mass is 16.4. The average Bonchev–Trinajstić information content (AvgIpc) is 2.24. The van der Waals surface area contributed by atoms with Gasteiger partial charge in [0.1, 0.15) is 18.3 Å². The molecular weight excluding hydrogens is 228 g/mol. The maximum Gasteiger partial charge on any atom is 0.110 e. The highest BCUT2D eigenvalue weighted by Gasteiger charge is 2.39. The Bertz CT molecular complexity index is 214. The van der Waals surface area contributed by atoms with Gasteiger partial charge in [0.05, 0.1) is 12.7 Å². The number of rotatable bonds is 6. The van der Waals surface area contributed by atoms with Crippen molar-refractivity contribution in [3.63, 3.8) is 0 Å². The zero-order valence-corrected chi connectivity index (χ0v) is 10.5. The molecule has 0 aliphatic rings. The van der Waals surface area contributed by atoms with Crippen LogP contribution in [0.3, 0.4) is 0 Å². The van der Waals surface area contributed by atoms with Crippen LogP contribution in [0.1, 0.15) is 20.8 Å². The molecule has 0 heterocycles. The minimum atomic E-state index is -1.66. The van der Waals surface area contributed by atoms with Crippen molar-refractivity contribution in [2.75, 3.05) is 13.2 Å². The summed E-state index contributed by atoms with van der Waals surface area (Å²) in [7, 11) is 0. The van der Waals surface area contributed by atoms with Crippen molar-refractivity contribution in [2.24, 2.45) is 11.3 Å². The zero-order valence-electron chi connectivity index (χ0n) is 10.5. The van der Waals surface area contributed by atoms with E-state index >= 15 is 0 Å². The molecule has 17 heavy (non-hydrogen) atoms. The second-order valence-electron chi connectivity index (χ2n) is 5.38. The fourth-order valence-corrected chi connectivity index (χ4v) is 1.67. The lowest BCUT2D eigenvalue weighted by Crippen LogP contribution is -2.51. The summed E-state index contributed by atoms with van der Waals surface area (Å²) in [5.74, 6) is -0.655. The van der Waals surface area contributed by atoms with Gasteiger partial charge in [-0.2, -0.15) is 0 Å². The van der Waals surface area contributed by atoms with E-state index in [0.717, 1.165) is 0 Å². The van der Waals surface area contributed by atoms with Gasteiger partial charge < -0.3 is 30.6 Å². The molecule has 104 valence electrons. The molecule has 6 nitrogen and oxygen atoms in total. The number of aliphatic hydroxyl groups is 6. The van der Waals surface area contributed by atoms with Crippen molar-refractivity contribution < 1.29 is 30.6 Å². The highest BCUT2D eigenvalue weighted by molar-refractivity contribution is 4.89. The molecule has 0 aromatic rings. The van der Waals surface area contributed by atoms with E-state index in [0.29, 0.717) is 0 Å². The minimum Gasteiger partial charge on any atom is -0.396 e. The lowest BCUT2D eigenvalue weighted by Gasteiger charge is -2.37. The van der Waals surface area contributed by atoms with Crippen molar-refractivity contribution in [2.45, 2.75) is 45.2 Å². The van der Waals surface area contributed by atoms with Gasteiger partial charge in [0, 0.05) is 12.5 Å². The first-order valence-corrected chi connectivity index (χ1v) is 5.60. The quantitative estimate of drug-likeness (QED) is 0.328. The lowest BCUT2D eigenvalue weighted by atomic mass is 9.75. The Morgan fingerprint density at radius 3 is 1.53 bits per heavy atom. The fourth-order valence-electron chi connectivity index (χ4n) is 1.67. The maximum absolute atomic E-state index is 9.87. The van der Waals surface area contributed by atoms with Crippen molar-refractivity contribution in [1.29, 1.82) is 0 Å². The van der Waals surface area contributed by atoms with E-state index in [9.17, 15) is 20.4 Å². The summed E-state index contributed by atoms with van der Waals surface area (Å²) >= 11 is 0. The van der Waals surface area contributed by atoms with Crippen LogP contribution in [0.2, 0.25) is 0 Å². The summed E-state index contributed by atoms with van der Waals surface area (Å²) in [5.41, 5.74) is -0.473. The van der Waals surface area contributed by atoms with Crippen LogP contribution in [0, 0.1) is 11.3 Å². The van der Waals surface area contributed by atoms with Crippen LogP contribution in [-0.2, 0) is 0 Å². The molecule has 0 saturated carbocycles. The van der Waals surface area contributed by atoms with Gasteiger partial charge in [-0.05, 0) is 5.41 Å². The van der Waals surface area contributed by atoms with Crippen molar-refractivity contribution in [3.8, 4) is 0 Å². The van der Waals surface area contributed by atoms with Crippen LogP contribution in [0.4, 0.5) is 0 Å². The maximum atomic E-state index is 9.87. The summed E-state index contributed by atoms with van der Waals surface area (Å²) < 4.78 is 0. The predicted octanol–water partition coefficient (Wildman–Crippen LogP) is -1.92. The number of hydrogen-bond donors (Lipinski definition) is 6. The molecule has 5 atom stereocenters. The van der Waals surface area contributed by atoms with E-state index in [1.807, 2.05) is 0 Å².